The third-order valence-electron chi connectivity index (χ3n) is 2.22. The van der Waals surface area contributed by atoms with E-state index in [-0.39, 0.29) is 28.9 Å². The van der Waals surface area contributed by atoms with Crippen molar-refractivity contribution in [2.75, 3.05) is 18.5 Å². The molecule has 0 saturated carbocycles. The standard InChI is InChI=1S/C11H16ClN5O2/c1-2-3-14-9(18)6-16-11(19)7-4-8(12)10(17-13)15-5-7/h4-5H,2-3,6,13H2,1H3,(H,14,18)(H,15,17)(H,16,19). The van der Waals surface area contributed by atoms with E-state index in [4.69, 9.17) is 17.4 Å². The molecule has 0 spiro atoms. The molecule has 1 rings (SSSR count). The Hall–Kier alpha value is -1.86. The van der Waals surface area contributed by atoms with Crippen LogP contribution in [0.15, 0.2) is 12.3 Å². The van der Waals surface area contributed by atoms with Crippen molar-refractivity contribution in [1.29, 1.82) is 0 Å². The Labute approximate surface area is 115 Å². The predicted octanol–water partition coefficient (Wildman–Crippen LogP) is 0.277. The predicted molar refractivity (Wildman–Crippen MR) is 72.7 cm³/mol. The van der Waals surface area contributed by atoms with Crippen LogP contribution < -0.4 is 21.9 Å². The largest absolute Gasteiger partial charge is 0.355 e. The first-order chi connectivity index (χ1) is 9.08. The lowest BCUT2D eigenvalue weighted by Crippen LogP contribution is -2.37. The summed E-state index contributed by atoms with van der Waals surface area (Å²) in [6.07, 6.45) is 2.16. The average molecular weight is 286 g/mol. The summed E-state index contributed by atoms with van der Waals surface area (Å²) in [7, 11) is 0. The first kappa shape index (κ1) is 15.2. The van der Waals surface area contributed by atoms with E-state index in [1.54, 1.807) is 0 Å². The SMILES string of the molecule is CCCNC(=O)CNC(=O)c1cnc(NN)c(Cl)c1. The van der Waals surface area contributed by atoms with Gasteiger partial charge in [-0.2, -0.15) is 0 Å². The van der Waals surface area contributed by atoms with E-state index in [0.29, 0.717) is 6.54 Å². The first-order valence-corrected chi connectivity index (χ1v) is 6.13. The number of pyridine rings is 1. The van der Waals surface area contributed by atoms with Crippen LogP contribution in [0, 0.1) is 0 Å². The fraction of sp³-hybridized carbons (Fsp3) is 0.364. The summed E-state index contributed by atoms with van der Waals surface area (Å²) in [4.78, 5) is 26.9. The minimum Gasteiger partial charge on any atom is -0.355 e. The molecule has 19 heavy (non-hydrogen) atoms. The molecule has 0 atom stereocenters. The molecule has 0 bridgehead atoms. The number of aromatic nitrogens is 1. The van der Waals surface area contributed by atoms with Crippen LogP contribution in [-0.4, -0.2) is 29.9 Å². The molecule has 1 aromatic heterocycles. The van der Waals surface area contributed by atoms with E-state index in [0.717, 1.165) is 6.42 Å². The molecule has 0 radical (unpaired) electrons. The maximum absolute atomic E-state index is 11.7. The van der Waals surface area contributed by atoms with Gasteiger partial charge in [0.05, 0.1) is 17.1 Å². The van der Waals surface area contributed by atoms with Gasteiger partial charge in [0.1, 0.15) is 0 Å². The van der Waals surface area contributed by atoms with Gasteiger partial charge in [-0.1, -0.05) is 18.5 Å². The van der Waals surface area contributed by atoms with Gasteiger partial charge in [-0.3, -0.25) is 9.59 Å². The number of hydrogen-bond donors (Lipinski definition) is 4. The van der Waals surface area contributed by atoms with Gasteiger partial charge in [-0.05, 0) is 12.5 Å². The molecule has 5 N–H and O–H groups in total. The Kier molecular flexibility index (Phi) is 6.04. The Morgan fingerprint density at radius 1 is 1.42 bits per heavy atom. The van der Waals surface area contributed by atoms with Crippen molar-refractivity contribution >= 4 is 29.2 Å². The van der Waals surface area contributed by atoms with Crippen LogP contribution in [0.3, 0.4) is 0 Å². The quantitative estimate of drug-likeness (QED) is 0.443. The zero-order chi connectivity index (χ0) is 14.3. The molecule has 0 saturated heterocycles. The van der Waals surface area contributed by atoms with Gasteiger partial charge >= 0.3 is 0 Å². The van der Waals surface area contributed by atoms with E-state index in [2.05, 4.69) is 21.0 Å². The molecule has 2 amide bonds. The van der Waals surface area contributed by atoms with Gasteiger partial charge in [0.15, 0.2) is 5.82 Å². The number of amides is 2. The van der Waals surface area contributed by atoms with Crippen LogP contribution in [0.5, 0.6) is 0 Å². The topological polar surface area (TPSA) is 109 Å². The smallest absolute Gasteiger partial charge is 0.253 e. The van der Waals surface area contributed by atoms with Crippen LogP contribution >= 0.6 is 11.6 Å². The Balaban J connectivity index is 2.54. The van der Waals surface area contributed by atoms with E-state index < -0.39 is 5.91 Å². The van der Waals surface area contributed by atoms with Crippen molar-refractivity contribution in [3.8, 4) is 0 Å². The number of hydrogen-bond acceptors (Lipinski definition) is 5. The van der Waals surface area contributed by atoms with Crippen LogP contribution in [0.2, 0.25) is 5.02 Å². The lowest BCUT2D eigenvalue weighted by Gasteiger charge is -2.07. The molecule has 0 aliphatic heterocycles. The zero-order valence-corrected chi connectivity index (χ0v) is 11.3. The summed E-state index contributed by atoms with van der Waals surface area (Å²) >= 11 is 5.84. The molecule has 1 aromatic rings. The third kappa shape index (κ3) is 4.72. The monoisotopic (exact) mass is 285 g/mol. The molecule has 1 heterocycles. The number of carbonyl (C=O) groups excluding carboxylic acids is 2. The lowest BCUT2D eigenvalue weighted by molar-refractivity contribution is -0.120. The maximum Gasteiger partial charge on any atom is 0.253 e. The van der Waals surface area contributed by atoms with Crippen molar-refractivity contribution in [3.63, 3.8) is 0 Å². The molecular weight excluding hydrogens is 270 g/mol. The van der Waals surface area contributed by atoms with E-state index in [9.17, 15) is 9.59 Å². The van der Waals surface area contributed by atoms with Crippen molar-refractivity contribution in [1.82, 2.24) is 15.6 Å². The molecule has 0 aromatic carbocycles. The number of rotatable bonds is 6. The van der Waals surface area contributed by atoms with Crippen molar-refractivity contribution in [2.45, 2.75) is 13.3 Å². The number of nitrogens with zero attached hydrogens (tertiary/aromatic N) is 1. The van der Waals surface area contributed by atoms with Crippen LogP contribution in [0.25, 0.3) is 0 Å². The molecule has 0 aliphatic rings. The second-order valence-electron chi connectivity index (χ2n) is 3.73. The first-order valence-electron chi connectivity index (χ1n) is 5.75. The normalized spacial score (nSPS) is 9.84. The number of nitrogen functional groups attached to an aromatic ring is 1. The Bertz CT molecular complexity index is 466. The molecule has 104 valence electrons. The van der Waals surface area contributed by atoms with Gasteiger partial charge in [0.2, 0.25) is 5.91 Å². The summed E-state index contributed by atoms with van der Waals surface area (Å²) in [5.41, 5.74) is 2.55. The average Bonchev–Trinajstić information content (AvgIpc) is 2.42. The molecule has 8 heteroatoms. The minimum atomic E-state index is -0.426. The molecule has 0 aliphatic carbocycles. The van der Waals surface area contributed by atoms with Crippen molar-refractivity contribution in [3.05, 3.63) is 22.8 Å². The number of nitrogens with one attached hydrogen (secondary N) is 3. The van der Waals surface area contributed by atoms with Crippen LogP contribution in [0.4, 0.5) is 5.82 Å². The molecule has 7 nitrogen and oxygen atoms in total. The highest BCUT2D eigenvalue weighted by Gasteiger charge is 2.10. The highest BCUT2D eigenvalue weighted by molar-refractivity contribution is 6.33. The molecular formula is C11H16ClN5O2. The van der Waals surface area contributed by atoms with E-state index in [1.807, 2.05) is 6.92 Å². The Morgan fingerprint density at radius 3 is 2.74 bits per heavy atom. The number of nitrogens with two attached hydrogens (primary N) is 1. The van der Waals surface area contributed by atoms with Crippen LogP contribution in [0.1, 0.15) is 23.7 Å². The molecule has 0 unspecified atom stereocenters. The van der Waals surface area contributed by atoms with Gasteiger partial charge in [0, 0.05) is 12.7 Å². The number of carbonyl (C=O) groups is 2. The summed E-state index contributed by atoms with van der Waals surface area (Å²) in [5, 5.41) is 5.35. The fourth-order valence-corrected chi connectivity index (χ4v) is 1.48. The second-order valence-corrected chi connectivity index (χ2v) is 4.14. The summed E-state index contributed by atoms with van der Waals surface area (Å²) in [6.45, 7) is 2.44. The van der Waals surface area contributed by atoms with Gasteiger partial charge in [-0.25, -0.2) is 10.8 Å². The van der Waals surface area contributed by atoms with E-state index >= 15 is 0 Å². The highest BCUT2D eigenvalue weighted by Crippen LogP contribution is 2.18. The maximum atomic E-state index is 11.7. The van der Waals surface area contributed by atoms with Gasteiger partial charge < -0.3 is 16.1 Å². The molecule has 0 fully saturated rings. The van der Waals surface area contributed by atoms with E-state index in [1.165, 1.54) is 12.3 Å². The van der Waals surface area contributed by atoms with Crippen LogP contribution in [-0.2, 0) is 4.79 Å². The van der Waals surface area contributed by atoms with Crippen molar-refractivity contribution in [2.24, 2.45) is 5.84 Å². The summed E-state index contributed by atoms with van der Waals surface area (Å²) in [5.74, 6) is 4.78. The number of anilines is 1. The fourth-order valence-electron chi connectivity index (χ4n) is 1.26. The summed E-state index contributed by atoms with van der Waals surface area (Å²) in [6, 6.07) is 1.42. The summed E-state index contributed by atoms with van der Waals surface area (Å²) < 4.78 is 0. The second kappa shape index (κ2) is 7.55. The highest BCUT2D eigenvalue weighted by atomic mass is 35.5. The minimum absolute atomic E-state index is 0.0899. The third-order valence-corrected chi connectivity index (χ3v) is 2.51. The Morgan fingerprint density at radius 2 is 2.16 bits per heavy atom. The van der Waals surface area contributed by atoms with Gasteiger partial charge in [-0.15, -0.1) is 0 Å². The zero-order valence-electron chi connectivity index (χ0n) is 10.5. The van der Waals surface area contributed by atoms with Crippen molar-refractivity contribution < 1.29 is 9.59 Å². The lowest BCUT2D eigenvalue weighted by atomic mass is 10.2. The number of halogens is 1. The number of hydrazine groups is 1. The van der Waals surface area contributed by atoms with Gasteiger partial charge in [0.25, 0.3) is 5.91 Å².